The first-order valence-corrected chi connectivity index (χ1v) is 11.7. The first-order valence-electron chi connectivity index (χ1n) is 11.7. The number of amides is 3. The Morgan fingerprint density at radius 3 is 2.40 bits per heavy atom. The van der Waals surface area contributed by atoms with Crippen LogP contribution >= 0.6 is 0 Å². The van der Waals surface area contributed by atoms with Gasteiger partial charge in [0.1, 0.15) is 0 Å². The van der Waals surface area contributed by atoms with E-state index in [2.05, 4.69) is 23.5 Å². The molecule has 1 unspecified atom stereocenters. The lowest BCUT2D eigenvalue weighted by Gasteiger charge is -2.46. The number of imide groups is 1. The molecule has 5 heteroatoms. The lowest BCUT2D eigenvalue weighted by atomic mass is 9.61. The van der Waals surface area contributed by atoms with Crippen molar-refractivity contribution in [2.75, 3.05) is 7.11 Å². The summed E-state index contributed by atoms with van der Waals surface area (Å²) in [6.07, 6.45) is 9.81. The van der Waals surface area contributed by atoms with E-state index in [4.69, 9.17) is 4.74 Å². The molecule has 30 heavy (non-hydrogen) atoms. The standard InChI is InChI=1S/C25H34N2O3/c1-16(2)27-22(28)25(26-23(27)29)21-14-18(17-6-4-5-7-17)8-9-19(21)15-24(25)12-10-20(30-3)11-13-24/h8-9,14,16-17,20H,4-7,10-13,15H2,1-3H3,(H,26,29). The predicted octanol–water partition coefficient (Wildman–Crippen LogP) is 4.63. The molecule has 4 aliphatic rings. The number of carbonyl (C=O) groups excluding carboxylic acids is 2. The Morgan fingerprint density at radius 1 is 1.10 bits per heavy atom. The number of nitrogens with zero attached hydrogens (tertiary/aromatic N) is 1. The second-order valence-corrected chi connectivity index (χ2v) is 10.2. The third-order valence-electron chi connectivity index (χ3n) is 8.48. The fourth-order valence-electron chi connectivity index (χ4n) is 6.88. The molecule has 2 spiro atoms. The van der Waals surface area contributed by atoms with Gasteiger partial charge in [-0.15, -0.1) is 0 Å². The molecule has 1 aromatic carbocycles. The van der Waals surface area contributed by atoms with Crippen molar-refractivity contribution in [2.24, 2.45) is 5.41 Å². The zero-order valence-electron chi connectivity index (χ0n) is 18.5. The van der Waals surface area contributed by atoms with Gasteiger partial charge in [-0.1, -0.05) is 31.0 Å². The molecule has 2 saturated carbocycles. The van der Waals surface area contributed by atoms with Crippen LogP contribution in [0.1, 0.15) is 87.8 Å². The number of urea groups is 1. The van der Waals surface area contributed by atoms with E-state index in [1.165, 1.54) is 41.7 Å². The van der Waals surface area contributed by atoms with Gasteiger partial charge in [-0.2, -0.15) is 0 Å². The van der Waals surface area contributed by atoms with Crippen molar-refractivity contribution >= 4 is 11.9 Å². The number of ether oxygens (including phenoxy) is 1. The van der Waals surface area contributed by atoms with Crippen molar-refractivity contribution in [3.63, 3.8) is 0 Å². The van der Waals surface area contributed by atoms with E-state index in [1.807, 2.05) is 13.8 Å². The van der Waals surface area contributed by atoms with Crippen molar-refractivity contribution in [3.8, 4) is 0 Å². The zero-order valence-corrected chi connectivity index (χ0v) is 18.5. The van der Waals surface area contributed by atoms with Gasteiger partial charge in [0, 0.05) is 18.6 Å². The molecule has 3 fully saturated rings. The van der Waals surface area contributed by atoms with Crippen molar-refractivity contribution in [2.45, 2.75) is 95.2 Å². The topological polar surface area (TPSA) is 58.6 Å². The summed E-state index contributed by atoms with van der Waals surface area (Å²) in [5.74, 6) is 0.544. The molecule has 162 valence electrons. The van der Waals surface area contributed by atoms with Crippen molar-refractivity contribution in [1.29, 1.82) is 0 Å². The summed E-state index contributed by atoms with van der Waals surface area (Å²) in [6.45, 7) is 3.85. The van der Waals surface area contributed by atoms with Crippen LogP contribution in [0.3, 0.4) is 0 Å². The Kier molecular flexibility index (Phi) is 4.73. The van der Waals surface area contributed by atoms with Gasteiger partial charge in [0.05, 0.1) is 6.10 Å². The first-order chi connectivity index (χ1) is 14.4. The van der Waals surface area contributed by atoms with Crippen LogP contribution in [0.25, 0.3) is 0 Å². The molecular formula is C25H34N2O3. The highest BCUT2D eigenvalue weighted by molar-refractivity contribution is 6.09. The molecule has 1 saturated heterocycles. The molecular weight excluding hydrogens is 376 g/mol. The number of hydrogen-bond acceptors (Lipinski definition) is 3. The number of rotatable bonds is 3. The molecule has 1 aliphatic heterocycles. The molecule has 1 aromatic rings. The van der Waals surface area contributed by atoms with E-state index < -0.39 is 5.54 Å². The molecule has 5 nitrogen and oxygen atoms in total. The van der Waals surface area contributed by atoms with E-state index in [-0.39, 0.29) is 29.5 Å². The molecule has 1 N–H and O–H groups in total. The predicted molar refractivity (Wildman–Crippen MR) is 115 cm³/mol. The van der Waals surface area contributed by atoms with E-state index >= 15 is 0 Å². The number of methoxy groups -OCH3 is 1. The lowest BCUT2D eigenvalue weighted by Crippen LogP contribution is -2.57. The molecule has 5 rings (SSSR count). The fraction of sp³-hybridized carbons (Fsp3) is 0.680. The van der Waals surface area contributed by atoms with Gasteiger partial charge in [0.2, 0.25) is 0 Å². The van der Waals surface area contributed by atoms with E-state index in [9.17, 15) is 9.59 Å². The Labute approximate surface area is 179 Å². The van der Waals surface area contributed by atoms with E-state index in [0.717, 1.165) is 37.7 Å². The monoisotopic (exact) mass is 410 g/mol. The Balaban J connectivity index is 1.63. The number of nitrogens with one attached hydrogen (secondary N) is 1. The van der Waals surface area contributed by atoms with Crippen LogP contribution in [-0.2, 0) is 21.5 Å². The van der Waals surface area contributed by atoms with Gasteiger partial charge >= 0.3 is 6.03 Å². The van der Waals surface area contributed by atoms with Crippen LogP contribution in [0.4, 0.5) is 4.79 Å². The minimum atomic E-state index is -0.920. The van der Waals surface area contributed by atoms with Gasteiger partial charge in [0.15, 0.2) is 5.54 Å². The number of carbonyl (C=O) groups is 2. The van der Waals surface area contributed by atoms with Crippen LogP contribution in [0, 0.1) is 5.41 Å². The highest BCUT2D eigenvalue weighted by Crippen LogP contribution is 2.60. The highest BCUT2D eigenvalue weighted by Gasteiger charge is 2.68. The Morgan fingerprint density at radius 2 is 1.80 bits per heavy atom. The van der Waals surface area contributed by atoms with E-state index in [1.54, 1.807) is 7.11 Å². The average Bonchev–Trinajstić information content (AvgIpc) is 3.41. The molecule has 0 aromatic heterocycles. The van der Waals surface area contributed by atoms with E-state index in [0.29, 0.717) is 5.92 Å². The minimum absolute atomic E-state index is 0.0410. The number of benzene rings is 1. The van der Waals surface area contributed by atoms with Crippen LogP contribution in [0.5, 0.6) is 0 Å². The molecule has 3 amide bonds. The summed E-state index contributed by atoms with van der Waals surface area (Å²) in [5, 5.41) is 3.27. The van der Waals surface area contributed by atoms with Gasteiger partial charge in [-0.3, -0.25) is 9.69 Å². The molecule has 0 radical (unpaired) electrons. The SMILES string of the molecule is COC1CCC2(CC1)Cc1ccc(C3CCCC3)cc1C21NC(=O)N(C(C)C)C1=O. The third kappa shape index (κ3) is 2.63. The number of hydrogen-bond donors (Lipinski definition) is 1. The van der Waals surface area contributed by atoms with Crippen LogP contribution < -0.4 is 5.32 Å². The normalized spacial score (nSPS) is 33.9. The fourth-order valence-corrected chi connectivity index (χ4v) is 6.88. The Hall–Kier alpha value is -1.88. The van der Waals surface area contributed by atoms with Gasteiger partial charge in [-0.05, 0) is 81.4 Å². The molecule has 3 aliphatic carbocycles. The van der Waals surface area contributed by atoms with Crippen molar-refractivity contribution in [1.82, 2.24) is 10.2 Å². The summed E-state index contributed by atoms with van der Waals surface area (Å²) in [4.78, 5) is 28.5. The van der Waals surface area contributed by atoms with Gasteiger partial charge in [0.25, 0.3) is 5.91 Å². The summed E-state index contributed by atoms with van der Waals surface area (Å²) in [6, 6.07) is 6.43. The van der Waals surface area contributed by atoms with Crippen molar-refractivity contribution < 1.29 is 14.3 Å². The highest BCUT2D eigenvalue weighted by atomic mass is 16.5. The second kappa shape index (κ2) is 7.08. The zero-order chi connectivity index (χ0) is 21.1. The molecule has 0 bridgehead atoms. The van der Waals surface area contributed by atoms with Gasteiger partial charge < -0.3 is 10.1 Å². The minimum Gasteiger partial charge on any atom is -0.381 e. The Bertz CT molecular complexity index is 865. The third-order valence-corrected chi connectivity index (χ3v) is 8.48. The quantitative estimate of drug-likeness (QED) is 0.739. The second-order valence-electron chi connectivity index (χ2n) is 10.2. The smallest absolute Gasteiger partial charge is 0.325 e. The average molecular weight is 411 g/mol. The maximum atomic E-state index is 14.0. The largest absolute Gasteiger partial charge is 0.381 e. The summed E-state index contributed by atoms with van der Waals surface area (Å²) in [5.41, 5.74) is 2.49. The first kappa shape index (κ1) is 20.0. The van der Waals surface area contributed by atoms with Gasteiger partial charge in [-0.25, -0.2) is 4.79 Å². The molecule has 1 atom stereocenters. The van der Waals surface area contributed by atoms with Crippen LogP contribution in [0.2, 0.25) is 0 Å². The number of fused-ring (bicyclic) bond motifs is 3. The maximum absolute atomic E-state index is 14.0. The lowest BCUT2D eigenvalue weighted by molar-refractivity contribution is -0.139. The summed E-state index contributed by atoms with van der Waals surface area (Å²) < 4.78 is 5.63. The molecule has 1 heterocycles. The van der Waals surface area contributed by atoms with Crippen LogP contribution in [0.15, 0.2) is 18.2 Å². The summed E-state index contributed by atoms with van der Waals surface area (Å²) in [7, 11) is 1.78. The van der Waals surface area contributed by atoms with Crippen LogP contribution in [-0.4, -0.2) is 36.1 Å². The van der Waals surface area contributed by atoms with Crippen molar-refractivity contribution in [3.05, 3.63) is 34.9 Å². The maximum Gasteiger partial charge on any atom is 0.325 e. The summed E-state index contributed by atoms with van der Waals surface area (Å²) >= 11 is 0.